The standard InChI is InChI=1S/C24H32ClN3O5/c1-17(2)33-12-5-9-26-23(30)20-15-28(11-13-32-3)16-21(22(20)29)24(31)27-10-8-18-6-4-7-19(25)14-18/h4,6-7,14-17H,5,8-13H2,1-3H3,(H,26,30)(H,27,31). The van der Waals surface area contributed by atoms with Crippen LogP contribution < -0.4 is 16.1 Å². The first-order chi connectivity index (χ1) is 15.8. The summed E-state index contributed by atoms with van der Waals surface area (Å²) in [7, 11) is 1.55. The van der Waals surface area contributed by atoms with E-state index in [1.165, 1.54) is 12.4 Å². The zero-order valence-electron chi connectivity index (χ0n) is 19.4. The fourth-order valence-corrected chi connectivity index (χ4v) is 3.29. The number of aromatic nitrogens is 1. The second-order valence-corrected chi connectivity index (χ2v) is 8.25. The Hall–Kier alpha value is -2.68. The van der Waals surface area contributed by atoms with Crippen LogP contribution in [0.2, 0.25) is 5.02 Å². The monoisotopic (exact) mass is 477 g/mol. The summed E-state index contributed by atoms with van der Waals surface area (Å²) in [6.45, 7) is 5.82. The number of benzene rings is 1. The molecule has 1 heterocycles. The summed E-state index contributed by atoms with van der Waals surface area (Å²) in [6.07, 6.45) is 4.18. The molecule has 0 unspecified atom stereocenters. The van der Waals surface area contributed by atoms with Crippen LogP contribution in [-0.4, -0.2) is 55.9 Å². The van der Waals surface area contributed by atoms with E-state index in [-0.39, 0.29) is 17.2 Å². The van der Waals surface area contributed by atoms with Gasteiger partial charge < -0.3 is 24.7 Å². The largest absolute Gasteiger partial charge is 0.383 e. The van der Waals surface area contributed by atoms with Crippen molar-refractivity contribution in [2.24, 2.45) is 0 Å². The minimum absolute atomic E-state index is 0.0848. The van der Waals surface area contributed by atoms with Gasteiger partial charge in [0, 0.05) is 50.8 Å². The Morgan fingerprint density at radius 2 is 1.73 bits per heavy atom. The highest BCUT2D eigenvalue weighted by Crippen LogP contribution is 2.10. The molecule has 0 saturated carbocycles. The number of methoxy groups -OCH3 is 1. The summed E-state index contributed by atoms with van der Waals surface area (Å²) in [5.41, 5.74) is 0.182. The Morgan fingerprint density at radius 3 is 2.33 bits per heavy atom. The maximum Gasteiger partial charge on any atom is 0.256 e. The van der Waals surface area contributed by atoms with E-state index < -0.39 is 17.2 Å². The van der Waals surface area contributed by atoms with Gasteiger partial charge in [0.05, 0.1) is 12.7 Å². The smallest absolute Gasteiger partial charge is 0.256 e. The number of halogens is 1. The Balaban J connectivity index is 2.09. The van der Waals surface area contributed by atoms with Gasteiger partial charge in [0.25, 0.3) is 11.8 Å². The molecule has 2 aromatic rings. The first-order valence-corrected chi connectivity index (χ1v) is 11.3. The van der Waals surface area contributed by atoms with Crippen molar-refractivity contribution in [3.05, 3.63) is 68.6 Å². The summed E-state index contributed by atoms with van der Waals surface area (Å²) in [6, 6.07) is 7.35. The number of pyridine rings is 1. The predicted molar refractivity (Wildman–Crippen MR) is 128 cm³/mol. The second kappa shape index (κ2) is 13.8. The molecule has 0 aliphatic heterocycles. The van der Waals surface area contributed by atoms with Crippen LogP contribution in [0.4, 0.5) is 0 Å². The molecule has 8 nitrogen and oxygen atoms in total. The molecule has 2 amide bonds. The van der Waals surface area contributed by atoms with Crippen LogP contribution >= 0.6 is 11.6 Å². The van der Waals surface area contributed by atoms with Crippen LogP contribution in [0.5, 0.6) is 0 Å². The van der Waals surface area contributed by atoms with Gasteiger partial charge in [-0.15, -0.1) is 0 Å². The van der Waals surface area contributed by atoms with E-state index in [0.29, 0.717) is 50.7 Å². The maximum absolute atomic E-state index is 12.9. The number of nitrogens with zero attached hydrogens (tertiary/aromatic N) is 1. The third kappa shape index (κ3) is 9.00. The van der Waals surface area contributed by atoms with E-state index in [0.717, 1.165) is 5.56 Å². The quantitative estimate of drug-likeness (QED) is 0.432. The van der Waals surface area contributed by atoms with Crippen molar-refractivity contribution in [2.45, 2.75) is 39.3 Å². The zero-order chi connectivity index (χ0) is 24.2. The summed E-state index contributed by atoms with van der Waals surface area (Å²) in [5.74, 6) is -1.06. The van der Waals surface area contributed by atoms with E-state index in [1.807, 2.05) is 32.0 Å². The normalized spacial score (nSPS) is 10.9. The maximum atomic E-state index is 12.9. The zero-order valence-corrected chi connectivity index (χ0v) is 20.1. The number of rotatable bonds is 13. The molecule has 2 N–H and O–H groups in total. The number of carbonyl (C=O) groups is 2. The van der Waals surface area contributed by atoms with Crippen molar-refractivity contribution in [3.63, 3.8) is 0 Å². The first kappa shape index (κ1) is 26.6. The lowest BCUT2D eigenvalue weighted by Crippen LogP contribution is -2.36. The van der Waals surface area contributed by atoms with Gasteiger partial charge in [0.1, 0.15) is 11.1 Å². The Labute approximate surface area is 199 Å². The minimum atomic E-state index is -0.611. The number of carbonyl (C=O) groups excluding carboxylic acids is 2. The van der Waals surface area contributed by atoms with Crippen LogP contribution in [-0.2, 0) is 22.4 Å². The molecule has 0 fully saturated rings. The molecular formula is C24H32ClN3O5. The fourth-order valence-electron chi connectivity index (χ4n) is 3.08. The minimum Gasteiger partial charge on any atom is -0.383 e. The number of hydrogen-bond donors (Lipinski definition) is 2. The summed E-state index contributed by atoms with van der Waals surface area (Å²) >= 11 is 5.99. The SMILES string of the molecule is COCCn1cc(C(=O)NCCCOC(C)C)c(=O)c(C(=O)NCCc2cccc(Cl)c2)c1. The van der Waals surface area contributed by atoms with E-state index >= 15 is 0 Å². The van der Waals surface area contributed by atoms with Crippen LogP contribution in [0.1, 0.15) is 46.5 Å². The molecule has 0 saturated heterocycles. The molecule has 1 aromatic carbocycles. The van der Waals surface area contributed by atoms with Crippen molar-refractivity contribution >= 4 is 23.4 Å². The van der Waals surface area contributed by atoms with Gasteiger partial charge in [-0.1, -0.05) is 23.7 Å². The molecule has 0 spiro atoms. The van der Waals surface area contributed by atoms with Crippen molar-refractivity contribution in [1.29, 1.82) is 0 Å². The lowest BCUT2D eigenvalue weighted by molar-refractivity contribution is 0.0757. The summed E-state index contributed by atoms with van der Waals surface area (Å²) in [5, 5.41) is 6.10. The van der Waals surface area contributed by atoms with Gasteiger partial charge in [-0.05, 0) is 44.4 Å². The first-order valence-electron chi connectivity index (χ1n) is 11.0. The van der Waals surface area contributed by atoms with Gasteiger partial charge >= 0.3 is 0 Å². The molecule has 33 heavy (non-hydrogen) atoms. The summed E-state index contributed by atoms with van der Waals surface area (Å²) in [4.78, 5) is 38.3. The lowest BCUT2D eigenvalue weighted by Gasteiger charge is -2.13. The molecule has 0 atom stereocenters. The van der Waals surface area contributed by atoms with E-state index in [1.54, 1.807) is 17.7 Å². The predicted octanol–water partition coefficient (Wildman–Crippen LogP) is 2.67. The van der Waals surface area contributed by atoms with Crippen LogP contribution in [0, 0.1) is 0 Å². The molecule has 180 valence electrons. The van der Waals surface area contributed by atoms with E-state index in [2.05, 4.69) is 10.6 Å². The second-order valence-electron chi connectivity index (χ2n) is 7.81. The van der Waals surface area contributed by atoms with Crippen LogP contribution in [0.15, 0.2) is 41.5 Å². The van der Waals surface area contributed by atoms with Crippen molar-refractivity contribution in [3.8, 4) is 0 Å². The highest BCUT2D eigenvalue weighted by Gasteiger charge is 2.19. The van der Waals surface area contributed by atoms with Crippen LogP contribution in [0.25, 0.3) is 0 Å². The van der Waals surface area contributed by atoms with Gasteiger partial charge in [0.15, 0.2) is 0 Å². The molecule has 9 heteroatoms. The van der Waals surface area contributed by atoms with Crippen molar-refractivity contribution in [2.75, 3.05) is 33.4 Å². The Bertz CT molecular complexity index is 990. The molecule has 0 aliphatic rings. The van der Waals surface area contributed by atoms with E-state index in [9.17, 15) is 14.4 Å². The van der Waals surface area contributed by atoms with Crippen molar-refractivity contribution < 1.29 is 19.1 Å². The van der Waals surface area contributed by atoms with Gasteiger partial charge in [0.2, 0.25) is 5.43 Å². The number of nitrogens with one attached hydrogen (secondary N) is 2. The number of hydrogen-bond acceptors (Lipinski definition) is 5. The fraction of sp³-hybridized carbons (Fsp3) is 0.458. The Kier molecular flexibility index (Phi) is 11.1. The summed E-state index contributed by atoms with van der Waals surface area (Å²) < 4.78 is 12.2. The van der Waals surface area contributed by atoms with Gasteiger partial charge in [-0.25, -0.2) is 0 Å². The van der Waals surface area contributed by atoms with E-state index in [4.69, 9.17) is 21.1 Å². The molecule has 1 aromatic heterocycles. The lowest BCUT2D eigenvalue weighted by atomic mass is 10.1. The molecule has 2 rings (SSSR count). The highest BCUT2D eigenvalue weighted by molar-refractivity contribution is 6.30. The topological polar surface area (TPSA) is 98.7 Å². The molecule has 0 bridgehead atoms. The number of ether oxygens (including phenoxy) is 2. The average Bonchev–Trinajstić information content (AvgIpc) is 2.77. The molecule has 0 aliphatic carbocycles. The highest BCUT2D eigenvalue weighted by atomic mass is 35.5. The average molecular weight is 478 g/mol. The molecular weight excluding hydrogens is 446 g/mol. The van der Waals surface area contributed by atoms with Gasteiger partial charge in [-0.2, -0.15) is 0 Å². The third-order valence-corrected chi connectivity index (χ3v) is 5.00. The van der Waals surface area contributed by atoms with Gasteiger partial charge in [-0.3, -0.25) is 14.4 Å². The number of amides is 2. The van der Waals surface area contributed by atoms with Crippen molar-refractivity contribution in [1.82, 2.24) is 15.2 Å². The molecule has 0 radical (unpaired) electrons. The Morgan fingerprint density at radius 1 is 1.06 bits per heavy atom. The van der Waals surface area contributed by atoms with Crippen LogP contribution in [0.3, 0.4) is 0 Å². The third-order valence-electron chi connectivity index (χ3n) is 4.77.